The standard InChI is InChI=1S/C19H25N3O2S/c1-21-17-7-3-2-6-16(17)18(20-21)19(23)22(11-14-8-10-25-13-14)12-15-5-4-9-24-15/h8,10,13,15H,2-7,9,11-12H2,1H3/t15-/m0/s1. The number of carbonyl (C=O) groups is 1. The van der Waals surface area contributed by atoms with Crippen molar-refractivity contribution in [2.75, 3.05) is 13.2 Å². The molecule has 1 atom stereocenters. The van der Waals surface area contributed by atoms with Crippen LogP contribution in [0.25, 0.3) is 0 Å². The van der Waals surface area contributed by atoms with E-state index in [1.54, 1.807) is 11.3 Å². The number of aryl methyl sites for hydroxylation is 1. The summed E-state index contributed by atoms with van der Waals surface area (Å²) in [7, 11) is 1.96. The maximum Gasteiger partial charge on any atom is 0.275 e. The molecule has 134 valence electrons. The van der Waals surface area contributed by atoms with Gasteiger partial charge in [0.15, 0.2) is 5.69 Å². The van der Waals surface area contributed by atoms with Crippen molar-refractivity contribution >= 4 is 17.2 Å². The van der Waals surface area contributed by atoms with Gasteiger partial charge in [-0.3, -0.25) is 9.48 Å². The number of thiophene rings is 1. The molecular weight excluding hydrogens is 334 g/mol. The Bertz CT molecular complexity index is 732. The molecule has 1 aliphatic heterocycles. The maximum atomic E-state index is 13.3. The summed E-state index contributed by atoms with van der Waals surface area (Å²) in [6.07, 6.45) is 6.61. The van der Waals surface area contributed by atoms with Crippen LogP contribution in [-0.4, -0.2) is 39.8 Å². The highest BCUT2D eigenvalue weighted by Gasteiger charge is 2.29. The number of aromatic nitrogens is 2. The van der Waals surface area contributed by atoms with Gasteiger partial charge in [-0.05, 0) is 60.9 Å². The van der Waals surface area contributed by atoms with Crippen molar-refractivity contribution in [3.05, 3.63) is 39.3 Å². The molecule has 1 saturated heterocycles. The number of hydrogen-bond acceptors (Lipinski definition) is 4. The smallest absolute Gasteiger partial charge is 0.275 e. The second-order valence-electron chi connectivity index (χ2n) is 7.06. The minimum Gasteiger partial charge on any atom is -0.376 e. The quantitative estimate of drug-likeness (QED) is 0.824. The number of ether oxygens (including phenoxy) is 1. The summed E-state index contributed by atoms with van der Waals surface area (Å²) in [5.74, 6) is 0.0560. The normalized spacial score (nSPS) is 19.8. The first-order valence-corrected chi connectivity index (χ1v) is 10.1. The van der Waals surface area contributed by atoms with E-state index in [0.717, 1.165) is 38.7 Å². The lowest BCUT2D eigenvalue weighted by atomic mass is 9.95. The van der Waals surface area contributed by atoms with Crippen LogP contribution in [0.3, 0.4) is 0 Å². The first kappa shape index (κ1) is 16.8. The van der Waals surface area contributed by atoms with Gasteiger partial charge in [-0.15, -0.1) is 0 Å². The van der Waals surface area contributed by atoms with Crippen molar-refractivity contribution in [3.63, 3.8) is 0 Å². The summed E-state index contributed by atoms with van der Waals surface area (Å²) in [5, 5.41) is 8.78. The van der Waals surface area contributed by atoms with Crippen LogP contribution in [0.4, 0.5) is 0 Å². The van der Waals surface area contributed by atoms with Gasteiger partial charge >= 0.3 is 0 Å². The van der Waals surface area contributed by atoms with Crippen LogP contribution in [0.2, 0.25) is 0 Å². The second kappa shape index (κ2) is 7.30. The van der Waals surface area contributed by atoms with Gasteiger partial charge in [0.1, 0.15) is 0 Å². The van der Waals surface area contributed by atoms with Crippen LogP contribution < -0.4 is 0 Å². The van der Waals surface area contributed by atoms with Crippen molar-refractivity contribution < 1.29 is 9.53 Å². The van der Waals surface area contributed by atoms with Crippen LogP contribution in [0.15, 0.2) is 16.8 Å². The molecule has 4 rings (SSSR count). The van der Waals surface area contributed by atoms with Crippen LogP contribution in [-0.2, 0) is 31.2 Å². The van der Waals surface area contributed by atoms with E-state index < -0.39 is 0 Å². The third-order valence-corrected chi connectivity index (χ3v) is 5.99. The SMILES string of the molecule is Cn1nc(C(=O)N(Cc2ccsc2)C[C@@H]2CCCO2)c2c1CCCC2. The van der Waals surface area contributed by atoms with Crippen LogP contribution in [0.1, 0.15) is 53.0 Å². The molecule has 2 aliphatic rings. The number of carbonyl (C=O) groups excluding carboxylic acids is 1. The molecule has 2 aromatic heterocycles. The average Bonchev–Trinajstić information content (AvgIpc) is 3.36. The highest BCUT2D eigenvalue weighted by molar-refractivity contribution is 7.07. The van der Waals surface area contributed by atoms with Crippen molar-refractivity contribution in [1.29, 1.82) is 0 Å². The van der Waals surface area contributed by atoms with E-state index in [1.807, 2.05) is 16.6 Å². The molecule has 0 unspecified atom stereocenters. The summed E-state index contributed by atoms with van der Waals surface area (Å²) >= 11 is 1.67. The molecule has 5 nitrogen and oxygen atoms in total. The molecule has 1 fully saturated rings. The zero-order chi connectivity index (χ0) is 17.2. The Kier molecular flexibility index (Phi) is 4.90. The molecule has 0 radical (unpaired) electrons. The molecule has 25 heavy (non-hydrogen) atoms. The van der Waals surface area contributed by atoms with Crippen molar-refractivity contribution in [2.45, 2.75) is 51.2 Å². The Morgan fingerprint density at radius 1 is 1.40 bits per heavy atom. The second-order valence-corrected chi connectivity index (χ2v) is 7.84. The van der Waals surface area contributed by atoms with E-state index >= 15 is 0 Å². The summed E-state index contributed by atoms with van der Waals surface area (Å²) in [4.78, 5) is 15.3. The maximum absolute atomic E-state index is 13.3. The van der Waals surface area contributed by atoms with Gasteiger partial charge in [-0.1, -0.05) is 0 Å². The molecule has 2 aromatic rings. The Labute approximate surface area is 152 Å². The first-order valence-electron chi connectivity index (χ1n) is 9.19. The molecule has 0 saturated carbocycles. The highest BCUT2D eigenvalue weighted by Crippen LogP contribution is 2.26. The molecule has 6 heteroatoms. The van der Waals surface area contributed by atoms with Gasteiger partial charge < -0.3 is 9.64 Å². The van der Waals surface area contributed by atoms with E-state index in [9.17, 15) is 4.79 Å². The predicted molar refractivity (Wildman–Crippen MR) is 97.9 cm³/mol. The van der Waals surface area contributed by atoms with Crippen LogP contribution >= 0.6 is 11.3 Å². The molecule has 1 amide bonds. The van der Waals surface area contributed by atoms with E-state index in [0.29, 0.717) is 18.8 Å². The molecule has 0 aromatic carbocycles. The third kappa shape index (κ3) is 3.51. The van der Waals surface area contributed by atoms with Crippen LogP contribution in [0.5, 0.6) is 0 Å². The minimum atomic E-state index is 0.0560. The number of amides is 1. The van der Waals surface area contributed by atoms with E-state index in [1.165, 1.54) is 23.2 Å². The minimum absolute atomic E-state index is 0.0560. The lowest BCUT2D eigenvalue weighted by Crippen LogP contribution is -2.37. The Morgan fingerprint density at radius 2 is 2.28 bits per heavy atom. The van der Waals surface area contributed by atoms with Gasteiger partial charge in [0, 0.05) is 38.0 Å². The largest absolute Gasteiger partial charge is 0.376 e. The number of rotatable bonds is 5. The van der Waals surface area contributed by atoms with Gasteiger partial charge in [-0.2, -0.15) is 16.4 Å². The third-order valence-electron chi connectivity index (χ3n) is 5.26. The van der Waals surface area contributed by atoms with Gasteiger partial charge in [-0.25, -0.2) is 0 Å². The molecule has 3 heterocycles. The van der Waals surface area contributed by atoms with E-state index in [-0.39, 0.29) is 12.0 Å². The summed E-state index contributed by atoms with van der Waals surface area (Å²) in [6.45, 7) is 2.09. The van der Waals surface area contributed by atoms with Crippen molar-refractivity contribution in [3.8, 4) is 0 Å². The fourth-order valence-electron chi connectivity index (χ4n) is 3.95. The Hall–Kier alpha value is -1.66. The predicted octanol–water partition coefficient (Wildman–Crippen LogP) is 3.18. The first-order chi connectivity index (χ1) is 12.2. The number of hydrogen-bond donors (Lipinski definition) is 0. The summed E-state index contributed by atoms with van der Waals surface area (Å²) < 4.78 is 7.70. The molecule has 0 spiro atoms. The molecular formula is C19H25N3O2S. The monoisotopic (exact) mass is 359 g/mol. The van der Waals surface area contributed by atoms with Crippen molar-refractivity contribution in [2.24, 2.45) is 7.05 Å². The Morgan fingerprint density at radius 3 is 3.04 bits per heavy atom. The average molecular weight is 359 g/mol. The summed E-state index contributed by atoms with van der Waals surface area (Å²) in [5.41, 5.74) is 4.25. The molecule has 0 N–H and O–H groups in total. The summed E-state index contributed by atoms with van der Waals surface area (Å²) in [6, 6.07) is 2.09. The zero-order valence-electron chi connectivity index (χ0n) is 14.7. The fourth-order valence-corrected chi connectivity index (χ4v) is 4.61. The van der Waals surface area contributed by atoms with Gasteiger partial charge in [0.25, 0.3) is 5.91 Å². The highest BCUT2D eigenvalue weighted by atomic mass is 32.1. The van der Waals surface area contributed by atoms with Gasteiger partial charge in [0.2, 0.25) is 0 Å². The lowest BCUT2D eigenvalue weighted by Gasteiger charge is -2.25. The zero-order valence-corrected chi connectivity index (χ0v) is 15.6. The topological polar surface area (TPSA) is 47.4 Å². The van der Waals surface area contributed by atoms with Crippen molar-refractivity contribution in [1.82, 2.24) is 14.7 Å². The fraction of sp³-hybridized carbons (Fsp3) is 0.579. The van der Waals surface area contributed by atoms with E-state index in [4.69, 9.17) is 4.74 Å². The molecule has 0 bridgehead atoms. The number of nitrogens with zero attached hydrogens (tertiary/aromatic N) is 3. The van der Waals surface area contributed by atoms with Crippen LogP contribution in [0, 0.1) is 0 Å². The number of fused-ring (bicyclic) bond motifs is 1. The molecule has 1 aliphatic carbocycles. The lowest BCUT2D eigenvalue weighted by molar-refractivity contribution is 0.0501. The van der Waals surface area contributed by atoms with Gasteiger partial charge in [0.05, 0.1) is 6.10 Å². The Balaban J connectivity index is 1.60. The van der Waals surface area contributed by atoms with E-state index in [2.05, 4.69) is 21.9 Å².